The molecule has 0 unspecified atom stereocenters. The Morgan fingerprint density at radius 1 is 1.24 bits per heavy atom. The van der Waals surface area contributed by atoms with Crippen molar-refractivity contribution in [3.05, 3.63) is 62.2 Å². The van der Waals surface area contributed by atoms with Gasteiger partial charge in [-0.3, -0.25) is 19.7 Å². The summed E-state index contributed by atoms with van der Waals surface area (Å²) in [5.41, 5.74) is 5.56. The molecule has 0 saturated carbocycles. The zero-order valence-electron chi connectivity index (χ0n) is 13.3. The SMILES string of the molecule is COc1ccc(C)cc1C(=O)Nc1cc(Cl)c([N+](=O)[O-])cc1C(N)=O. The van der Waals surface area contributed by atoms with Gasteiger partial charge >= 0.3 is 0 Å². The lowest BCUT2D eigenvalue weighted by molar-refractivity contribution is -0.384. The Morgan fingerprint density at radius 3 is 2.48 bits per heavy atom. The van der Waals surface area contributed by atoms with Gasteiger partial charge in [-0.05, 0) is 25.1 Å². The van der Waals surface area contributed by atoms with E-state index in [9.17, 15) is 19.7 Å². The smallest absolute Gasteiger partial charge is 0.288 e. The van der Waals surface area contributed by atoms with Gasteiger partial charge in [0.05, 0.1) is 28.8 Å². The van der Waals surface area contributed by atoms with Crippen LogP contribution < -0.4 is 15.8 Å². The fourth-order valence-electron chi connectivity index (χ4n) is 2.20. The minimum atomic E-state index is -0.939. The van der Waals surface area contributed by atoms with Gasteiger partial charge in [-0.15, -0.1) is 0 Å². The summed E-state index contributed by atoms with van der Waals surface area (Å²) >= 11 is 5.84. The number of anilines is 1. The molecule has 130 valence electrons. The second-order valence-electron chi connectivity index (χ2n) is 5.13. The van der Waals surface area contributed by atoms with Crippen LogP contribution in [0.5, 0.6) is 5.75 Å². The molecule has 2 aromatic carbocycles. The molecule has 0 heterocycles. The van der Waals surface area contributed by atoms with Gasteiger partial charge < -0.3 is 15.8 Å². The van der Waals surface area contributed by atoms with Crippen molar-refractivity contribution in [1.82, 2.24) is 0 Å². The van der Waals surface area contributed by atoms with E-state index in [0.29, 0.717) is 5.75 Å². The molecule has 0 radical (unpaired) electrons. The average Bonchev–Trinajstić information content (AvgIpc) is 2.54. The number of carbonyl (C=O) groups excluding carboxylic acids is 2. The Morgan fingerprint density at radius 2 is 1.92 bits per heavy atom. The summed E-state index contributed by atoms with van der Waals surface area (Å²) in [6.45, 7) is 1.80. The lowest BCUT2D eigenvalue weighted by atomic mass is 10.1. The number of nitrogens with zero attached hydrogens (tertiary/aromatic N) is 1. The number of nitro groups is 1. The Bertz CT molecular complexity index is 882. The van der Waals surface area contributed by atoms with Crippen LogP contribution in [0.3, 0.4) is 0 Å². The number of methoxy groups -OCH3 is 1. The minimum Gasteiger partial charge on any atom is -0.496 e. The fraction of sp³-hybridized carbons (Fsp3) is 0.125. The van der Waals surface area contributed by atoms with Crippen LogP contribution in [0, 0.1) is 17.0 Å². The molecule has 0 aliphatic carbocycles. The van der Waals surface area contributed by atoms with Gasteiger partial charge in [0.15, 0.2) is 0 Å². The van der Waals surface area contributed by atoms with Gasteiger partial charge in [-0.1, -0.05) is 23.2 Å². The van der Waals surface area contributed by atoms with Gasteiger partial charge in [-0.2, -0.15) is 0 Å². The van der Waals surface area contributed by atoms with Crippen LogP contribution in [0.2, 0.25) is 5.02 Å². The van der Waals surface area contributed by atoms with Crippen molar-refractivity contribution in [3.63, 3.8) is 0 Å². The van der Waals surface area contributed by atoms with E-state index >= 15 is 0 Å². The van der Waals surface area contributed by atoms with E-state index in [1.165, 1.54) is 7.11 Å². The number of rotatable bonds is 5. The Balaban J connectivity index is 2.48. The molecule has 9 heteroatoms. The van der Waals surface area contributed by atoms with E-state index in [-0.39, 0.29) is 21.8 Å². The van der Waals surface area contributed by atoms with E-state index in [2.05, 4.69) is 5.32 Å². The number of hydrogen-bond acceptors (Lipinski definition) is 5. The third-order valence-corrected chi connectivity index (χ3v) is 3.70. The molecule has 0 aliphatic rings. The highest BCUT2D eigenvalue weighted by Gasteiger charge is 2.22. The largest absolute Gasteiger partial charge is 0.496 e. The predicted octanol–water partition coefficient (Wildman–Crippen LogP) is 2.92. The van der Waals surface area contributed by atoms with E-state index in [1.54, 1.807) is 25.1 Å². The summed E-state index contributed by atoms with van der Waals surface area (Å²) in [4.78, 5) is 34.3. The van der Waals surface area contributed by atoms with Crippen LogP contribution >= 0.6 is 11.6 Å². The van der Waals surface area contributed by atoms with Crippen molar-refractivity contribution in [2.45, 2.75) is 6.92 Å². The lowest BCUT2D eigenvalue weighted by Gasteiger charge is -2.12. The Kier molecular flexibility index (Phi) is 5.23. The van der Waals surface area contributed by atoms with Crippen LogP contribution in [0.25, 0.3) is 0 Å². The average molecular weight is 364 g/mol. The van der Waals surface area contributed by atoms with Crippen LogP contribution in [0.4, 0.5) is 11.4 Å². The first kappa shape index (κ1) is 18.2. The maximum absolute atomic E-state index is 12.5. The van der Waals surface area contributed by atoms with Crippen LogP contribution in [0.15, 0.2) is 30.3 Å². The van der Waals surface area contributed by atoms with Gasteiger partial charge in [0, 0.05) is 6.07 Å². The zero-order chi connectivity index (χ0) is 18.7. The number of primary amides is 1. The number of aryl methyl sites for hydroxylation is 1. The number of carbonyl (C=O) groups is 2. The first-order valence-corrected chi connectivity index (χ1v) is 7.36. The van der Waals surface area contributed by atoms with E-state index in [4.69, 9.17) is 22.1 Å². The summed E-state index contributed by atoms with van der Waals surface area (Å²) in [5.74, 6) is -1.18. The molecular formula is C16H14ClN3O5. The molecule has 0 fully saturated rings. The number of nitrogens with one attached hydrogen (secondary N) is 1. The quantitative estimate of drug-likeness (QED) is 0.624. The van der Waals surface area contributed by atoms with Crippen LogP contribution in [-0.2, 0) is 0 Å². The number of nitro benzene ring substituents is 1. The fourth-order valence-corrected chi connectivity index (χ4v) is 2.43. The Labute approximate surface area is 147 Å². The molecule has 3 N–H and O–H groups in total. The highest BCUT2D eigenvalue weighted by molar-refractivity contribution is 6.33. The highest BCUT2D eigenvalue weighted by atomic mass is 35.5. The summed E-state index contributed by atoms with van der Waals surface area (Å²) in [6, 6.07) is 7.04. The molecule has 0 aliphatic heterocycles. The molecular weight excluding hydrogens is 350 g/mol. The monoisotopic (exact) mass is 363 g/mol. The van der Waals surface area contributed by atoms with Gasteiger partial charge in [0.1, 0.15) is 10.8 Å². The number of nitrogens with two attached hydrogens (primary N) is 1. The maximum Gasteiger partial charge on any atom is 0.288 e. The molecule has 2 aromatic rings. The van der Waals surface area contributed by atoms with Gasteiger partial charge in [0.2, 0.25) is 0 Å². The first-order valence-electron chi connectivity index (χ1n) is 6.98. The molecule has 8 nitrogen and oxygen atoms in total. The second kappa shape index (κ2) is 7.18. The molecule has 2 amide bonds. The van der Waals surface area contributed by atoms with Crippen LogP contribution in [0.1, 0.15) is 26.3 Å². The van der Waals surface area contributed by atoms with Crippen molar-refractivity contribution in [2.24, 2.45) is 5.73 Å². The Hall–Kier alpha value is -3.13. The summed E-state index contributed by atoms with van der Waals surface area (Å²) in [6.07, 6.45) is 0. The summed E-state index contributed by atoms with van der Waals surface area (Å²) < 4.78 is 5.14. The number of amides is 2. The van der Waals surface area contributed by atoms with E-state index in [0.717, 1.165) is 17.7 Å². The number of hydrogen-bond donors (Lipinski definition) is 2. The van der Waals surface area contributed by atoms with Gasteiger partial charge in [-0.25, -0.2) is 0 Å². The lowest BCUT2D eigenvalue weighted by Crippen LogP contribution is -2.19. The number of halogens is 1. The van der Waals surface area contributed by atoms with E-state index in [1.807, 2.05) is 0 Å². The number of benzene rings is 2. The zero-order valence-corrected chi connectivity index (χ0v) is 14.1. The molecule has 0 atom stereocenters. The third-order valence-electron chi connectivity index (χ3n) is 3.40. The third kappa shape index (κ3) is 3.86. The van der Waals surface area contributed by atoms with E-state index < -0.39 is 22.4 Å². The molecule has 0 bridgehead atoms. The topological polar surface area (TPSA) is 125 Å². The number of ether oxygens (including phenoxy) is 1. The molecule has 0 saturated heterocycles. The van der Waals surface area contributed by atoms with Crippen molar-refractivity contribution in [1.29, 1.82) is 0 Å². The molecule has 2 rings (SSSR count). The maximum atomic E-state index is 12.5. The normalized spacial score (nSPS) is 10.2. The van der Waals surface area contributed by atoms with Crippen molar-refractivity contribution in [2.75, 3.05) is 12.4 Å². The van der Waals surface area contributed by atoms with Gasteiger partial charge in [0.25, 0.3) is 17.5 Å². The summed E-state index contributed by atoms with van der Waals surface area (Å²) in [5, 5.41) is 13.2. The first-order chi connectivity index (χ1) is 11.7. The molecule has 0 spiro atoms. The van der Waals surface area contributed by atoms with Crippen molar-refractivity contribution < 1.29 is 19.2 Å². The molecule has 0 aromatic heterocycles. The molecule has 25 heavy (non-hydrogen) atoms. The predicted molar refractivity (Wildman–Crippen MR) is 92.3 cm³/mol. The van der Waals surface area contributed by atoms with Crippen molar-refractivity contribution >= 4 is 34.8 Å². The van der Waals surface area contributed by atoms with Crippen LogP contribution in [-0.4, -0.2) is 23.8 Å². The summed E-state index contributed by atoms with van der Waals surface area (Å²) in [7, 11) is 1.42. The standard InChI is InChI=1S/C16H14ClN3O5/c1-8-3-4-14(25-2)10(5-8)16(22)19-12-7-11(17)13(20(23)24)6-9(12)15(18)21/h3-7H,1-2H3,(H2,18,21)(H,19,22). The highest BCUT2D eigenvalue weighted by Crippen LogP contribution is 2.31. The minimum absolute atomic E-state index is 0.0309. The van der Waals surface area contributed by atoms with Crippen molar-refractivity contribution in [3.8, 4) is 5.75 Å². The second-order valence-corrected chi connectivity index (χ2v) is 5.54.